The average Bonchev–Trinajstić information content (AvgIpc) is 2.32. The van der Waals surface area contributed by atoms with Crippen LogP contribution in [0.25, 0.3) is 0 Å². The van der Waals surface area contributed by atoms with Gasteiger partial charge in [-0.25, -0.2) is 0 Å². The summed E-state index contributed by atoms with van der Waals surface area (Å²) in [4.78, 5) is 4.39. The van der Waals surface area contributed by atoms with Crippen LogP contribution in [0, 0.1) is 6.92 Å². The van der Waals surface area contributed by atoms with Gasteiger partial charge >= 0.3 is 0 Å². The molecular weight excluding hydrogens is 255 g/mol. The van der Waals surface area contributed by atoms with Crippen LogP contribution < -0.4 is 5.73 Å². The Bertz CT molecular complexity index is 541. The fourth-order valence-corrected chi connectivity index (χ4v) is 2.08. The summed E-state index contributed by atoms with van der Waals surface area (Å²) < 4.78 is 0. The van der Waals surface area contributed by atoms with Crippen LogP contribution in [0.3, 0.4) is 0 Å². The molecule has 0 spiro atoms. The Morgan fingerprint density at radius 2 is 1.82 bits per heavy atom. The number of rotatable bonds is 2. The van der Waals surface area contributed by atoms with Crippen LogP contribution in [0.2, 0.25) is 10.0 Å². The lowest BCUT2D eigenvalue weighted by Gasteiger charge is -2.14. The van der Waals surface area contributed by atoms with E-state index in [1.807, 2.05) is 37.3 Å². The second kappa shape index (κ2) is 5.05. The number of nitrogens with zero attached hydrogens (tertiary/aromatic N) is 1. The third-order valence-corrected chi connectivity index (χ3v) is 3.38. The lowest BCUT2D eigenvalue weighted by Crippen LogP contribution is -2.14. The van der Waals surface area contributed by atoms with Gasteiger partial charge in [-0.2, -0.15) is 0 Å². The lowest BCUT2D eigenvalue weighted by molar-refractivity contribution is 0.822. The maximum absolute atomic E-state index is 6.15. The first-order chi connectivity index (χ1) is 8.09. The van der Waals surface area contributed by atoms with Crippen molar-refractivity contribution >= 4 is 23.2 Å². The van der Waals surface area contributed by atoms with Crippen molar-refractivity contribution in [1.82, 2.24) is 4.98 Å². The summed E-state index contributed by atoms with van der Waals surface area (Å²) in [6.07, 6.45) is 0. The summed E-state index contributed by atoms with van der Waals surface area (Å²) >= 11 is 12.1. The van der Waals surface area contributed by atoms with Gasteiger partial charge in [-0.1, -0.05) is 41.4 Å². The van der Waals surface area contributed by atoms with Gasteiger partial charge in [0.15, 0.2) is 0 Å². The molecule has 2 aromatic rings. The molecule has 0 aliphatic carbocycles. The maximum Gasteiger partial charge on any atom is 0.0741 e. The zero-order valence-electron chi connectivity index (χ0n) is 9.32. The van der Waals surface area contributed by atoms with Gasteiger partial charge in [0.2, 0.25) is 0 Å². The van der Waals surface area contributed by atoms with Crippen LogP contribution in [-0.4, -0.2) is 4.98 Å². The Labute approximate surface area is 110 Å². The number of aromatic nitrogens is 1. The number of hydrogen-bond donors (Lipinski definition) is 1. The Morgan fingerprint density at radius 1 is 1.12 bits per heavy atom. The SMILES string of the molecule is Cc1cccc(C(N)c2cccc(Cl)c2Cl)n1. The molecule has 0 bridgehead atoms. The van der Waals surface area contributed by atoms with Gasteiger partial charge in [0.05, 0.1) is 21.8 Å². The molecule has 1 aromatic heterocycles. The molecule has 2 nitrogen and oxygen atoms in total. The van der Waals surface area contributed by atoms with Crippen molar-refractivity contribution in [2.24, 2.45) is 5.73 Å². The van der Waals surface area contributed by atoms with Crippen LogP contribution in [-0.2, 0) is 0 Å². The number of halogens is 2. The quantitative estimate of drug-likeness (QED) is 0.900. The molecule has 0 saturated carbocycles. The molecule has 88 valence electrons. The molecule has 1 heterocycles. The Balaban J connectivity index is 2.44. The summed E-state index contributed by atoms with van der Waals surface area (Å²) in [5.74, 6) is 0. The van der Waals surface area contributed by atoms with E-state index in [1.54, 1.807) is 6.07 Å². The standard InChI is InChI=1S/C13H12Cl2N2/c1-8-4-2-7-11(17-8)13(16)9-5-3-6-10(14)12(9)15/h2-7,13H,16H2,1H3. The number of nitrogens with two attached hydrogens (primary N) is 1. The second-order valence-corrected chi connectivity index (χ2v) is 4.61. The number of hydrogen-bond acceptors (Lipinski definition) is 2. The van der Waals surface area contributed by atoms with Gasteiger partial charge < -0.3 is 5.73 Å². The fourth-order valence-electron chi connectivity index (χ4n) is 1.66. The van der Waals surface area contributed by atoms with Crippen LogP contribution in [0.5, 0.6) is 0 Å². The molecule has 17 heavy (non-hydrogen) atoms. The van der Waals surface area contributed by atoms with Crippen molar-refractivity contribution < 1.29 is 0 Å². The minimum atomic E-state index is -0.360. The Hall–Kier alpha value is -1.09. The molecule has 1 atom stereocenters. The molecule has 0 radical (unpaired) electrons. The van der Waals surface area contributed by atoms with E-state index in [4.69, 9.17) is 28.9 Å². The molecule has 0 aliphatic rings. The summed E-state index contributed by atoms with van der Waals surface area (Å²) in [7, 11) is 0. The highest BCUT2D eigenvalue weighted by molar-refractivity contribution is 6.42. The molecule has 1 aromatic carbocycles. The highest BCUT2D eigenvalue weighted by Crippen LogP contribution is 2.31. The smallest absolute Gasteiger partial charge is 0.0741 e. The third-order valence-electron chi connectivity index (χ3n) is 2.55. The molecule has 0 fully saturated rings. The van der Waals surface area contributed by atoms with Crippen LogP contribution >= 0.6 is 23.2 Å². The number of benzene rings is 1. The summed E-state index contributed by atoms with van der Waals surface area (Å²) in [5, 5.41) is 0.997. The van der Waals surface area contributed by atoms with Gasteiger partial charge in [0.1, 0.15) is 0 Å². The number of pyridine rings is 1. The first-order valence-corrected chi connectivity index (χ1v) is 5.98. The van der Waals surface area contributed by atoms with Gasteiger partial charge in [-0.3, -0.25) is 4.98 Å². The minimum absolute atomic E-state index is 0.360. The lowest BCUT2D eigenvalue weighted by atomic mass is 10.0. The van der Waals surface area contributed by atoms with Crippen LogP contribution in [0.15, 0.2) is 36.4 Å². The normalized spacial score (nSPS) is 12.5. The van der Waals surface area contributed by atoms with Gasteiger partial charge in [0.25, 0.3) is 0 Å². The zero-order valence-corrected chi connectivity index (χ0v) is 10.8. The van der Waals surface area contributed by atoms with E-state index in [9.17, 15) is 0 Å². The first-order valence-electron chi connectivity index (χ1n) is 5.22. The highest BCUT2D eigenvalue weighted by atomic mass is 35.5. The predicted octanol–water partition coefficient (Wildman–Crippen LogP) is 3.74. The van der Waals surface area contributed by atoms with Gasteiger partial charge in [-0.15, -0.1) is 0 Å². The van der Waals surface area contributed by atoms with Crippen molar-refractivity contribution in [2.45, 2.75) is 13.0 Å². The van der Waals surface area contributed by atoms with Crippen molar-refractivity contribution in [2.75, 3.05) is 0 Å². The fraction of sp³-hybridized carbons (Fsp3) is 0.154. The molecular formula is C13H12Cl2N2. The van der Waals surface area contributed by atoms with Crippen molar-refractivity contribution in [1.29, 1.82) is 0 Å². The molecule has 1 unspecified atom stereocenters. The van der Waals surface area contributed by atoms with E-state index in [0.717, 1.165) is 17.0 Å². The van der Waals surface area contributed by atoms with Crippen molar-refractivity contribution in [3.05, 3.63) is 63.4 Å². The van der Waals surface area contributed by atoms with E-state index in [2.05, 4.69) is 4.98 Å². The second-order valence-electron chi connectivity index (χ2n) is 3.82. The zero-order chi connectivity index (χ0) is 12.4. The monoisotopic (exact) mass is 266 g/mol. The highest BCUT2D eigenvalue weighted by Gasteiger charge is 2.15. The van der Waals surface area contributed by atoms with E-state index >= 15 is 0 Å². The molecule has 0 saturated heterocycles. The Kier molecular flexibility index (Phi) is 3.67. The minimum Gasteiger partial charge on any atom is -0.319 e. The summed E-state index contributed by atoms with van der Waals surface area (Å²) in [6.45, 7) is 1.93. The van der Waals surface area contributed by atoms with Crippen LogP contribution in [0.4, 0.5) is 0 Å². The van der Waals surface area contributed by atoms with E-state index in [0.29, 0.717) is 10.0 Å². The van der Waals surface area contributed by atoms with E-state index < -0.39 is 0 Å². The predicted molar refractivity (Wildman–Crippen MR) is 71.5 cm³/mol. The molecule has 2 rings (SSSR count). The van der Waals surface area contributed by atoms with Crippen LogP contribution in [0.1, 0.15) is 23.0 Å². The average molecular weight is 267 g/mol. The third kappa shape index (κ3) is 2.60. The topological polar surface area (TPSA) is 38.9 Å². The summed E-state index contributed by atoms with van der Waals surface area (Å²) in [5.41, 5.74) is 8.65. The molecule has 0 amide bonds. The molecule has 4 heteroatoms. The maximum atomic E-state index is 6.15. The molecule has 2 N–H and O–H groups in total. The van der Waals surface area contributed by atoms with Gasteiger partial charge in [0, 0.05) is 5.69 Å². The Morgan fingerprint density at radius 3 is 2.53 bits per heavy atom. The first kappa shape index (κ1) is 12.4. The van der Waals surface area contributed by atoms with E-state index in [1.165, 1.54) is 0 Å². The number of aryl methyl sites for hydroxylation is 1. The largest absolute Gasteiger partial charge is 0.319 e. The van der Waals surface area contributed by atoms with Gasteiger partial charge in [-0.05, 0) is 30.7 Å². The van der Waals surface area contributed by atoms with Crippen molar-refractivity contribution in [3.8, 4) is 0 Å². The van der Waals surface area contributed by atoms with E-state index in [-0.39, 0.29) is 6.04 Å². The summed E-state index contributed by atoms with van der Waals surface area (Å²) in [6, 6.07) is 10.8. The van der Waals surface area contributed by atoms with Crippen molar-refractivity contribution in [3.63, 3.8) is 0 Å². The molecule has 0 aliphatic heterocycles.